The van der Waals surface area contributed by atoms with Crippen molar-refractivity contribution in [3.05, 3.63) is 33.3 Å². The molecule has 0 spiro atoms. The van der Waals surface area contributed by atoms with E-state index in [9.17, 15) is 10.1 Å². The lowest BCUT2D eigenvalue weighted by atomic mass is 9.96. The highest BCUT2D eigenvalue weighted by atomic mass is 35.5. The van der Waals surface area contributed by atoms with Crippen LogP contribution in [0.15, 0.2) is 18.2 Å². The molecule has 0 atom stereocenters. The van der Waals surface area contributed by atoms with E-state index in [1.165, 1.54) is 37.5 Å². The van der Waals surface area contributed by atoms with Crippen molar-refractivity contribution in [1.29, 1.82) is 0 Å². The Labute approximate surface area is 127 Å². The molecule has 1 aliphatic carbocycles. The van der Waals surface area contributed by atoms with Crippen molar-refractivity contribution in [2.75, 3.05) is 5.32 Å². The summed E-state index contributed by atoms with van der Waals surface area (Å²) in [4.78, 5) is 10.3. The Hall–Kier alpha value is -1.40. The van der Waals surface area contributed by atoms with Gasteiger partial charge in [0, 0.05) is 18.2 Å². The zero-order chi connectivity index (χ0) is 14.5. The molecule has 0 aliphatic heterocycles. The van der Waals surface area contributed by atoms with Gasteiger partial charge in [-0.05, 0) is 31.1 Å². The quantitative estimate of drug-likeness (QED) is 0.504. The van der Waals surface area contributed by atoms with Gasteiger partial charge in [0.2, 0.25) is 0 Å². The summed E-state index contributed by atoms with van der Waals surface area (Å²) in [5.41, 5.74) is 0.437. The van der Waals surface area contributed by atoms with Crippen LogP contribution in [0.4, 0.5) is 11.4 Å². The Morgan fingerprint density at radius 2 is 2.05 bits per heavy atom. The number of anilines is 1. The van der Waals surface area contributed by atoms with Crippen LogP contribution in [-0.4, -0.2) is 16.1 Å². The number of nitro groups is 1. The molecule has 0 bridgehead atoms. The first-order chi connectivity index (χ1) is 9.56. The predicted molar refractivity (Wildman–Crippen MR) is 84.3 cm³/mol. The van der Waals surface area contributed by atoms with Gasteiger partial charge in [0.05, 0.1) is 15.6 Å². The Morgan fingerprint density at radius 3 is 2.70 bits per heavy atom. The van der Waals surface area contributed by atoms with Gasteiger partial charge in [-0.1, -0.05) is 30.9 Å². The number of non-ortho nitro benzene ring substituents is 1. The fraction of sp³-hybridized carbons (Fsp3) is 0.462. The van der Waals surface area contributed by atoms with Crippen LogP contribution in [0.25, 0.3) is 0 Å². The van der Waals surface area contributed by atoms with Crippen LogP contribution in [0.5, 0.6) is 0 Å². The van der Waals surface area contributed by atoms with Crippen molar-refractivity contribution in [2.45, 2.75) is 38.1 Å². The van der Waals surface area contributed by atoms with E-state index in [4.69, 9.17) is 23.8 Å². The van der Waals surface area contributed by atoms with Gasteiger partial charge >= 0.3 is 0 Å². The molecule has 0 heterocycles. The van der Waals surface area contributed by atoms with Crippen LogP contribution in [0, 0.1) is 10.1 Å². The number of nitrogens with zero attached hydrogens (tertiary/aromatic N) is 1. The summed E-state index contributed by atoms with van der Waals surface area (Å²) in [6, 6.07) is 4.62. The van der Waals surface area contributed by atoms with Gasteiger partial charge in [-0.25, -0.2) is 0 Å². The number of rotatable bonds is 3. The Bertz CT molecular complexity index is 518. The molecule has 0 aromatic heterocycles. The van der Waals surface area contributed by atoms with E-state index in [1.807, 2.05) is 0 Å². The number of hydrogen-bond donors (Lipinski definition) is 2. The van der Waals surface area contributed by atoms with E-state index < -0.39 is 4.92 Å². The number of nitro benzene ring substituents is 1. The van der Waals surface area contributed by atoms with Crippen LogP contribution in [-0.2, 0) is 0 Å². The lowest BCUT2D eigenvalue weighted by molar-refractivity contribution is -0.384. The van der Waals surface area contributed by atoms with Crippen LogP contribution in [0.3, 0.4) is 0 Å². The van der Waals surface area contributed by atoms with Gasteiger partial charge in [-0.15, -0.1) is 0 Å². The largest absolute Gasteiger partial charge is 0.360 e. The molecule has 0 radical (unpaired) electrons. The molecule has 1 aromatic carbocycles. The summed E-state index contributed by atoms with van der Waals surface area (Å²) in [6.45, 7) is 0. The maximum Gasteiger partial charge on any atom is 0.271 e. The van der Waals surface area contributed by atoms with E-state index in [0.717, 1.165) is 12.8 Å². The van der Waals surface area contributed by atoms with E-state index in [-0.39, 0.29) is 5.69 Å². The lowest BCUT2D eigenvalue weighted by Gasteiger charge is -2.24. The zero-order valence-electron chi connectivity index (χ0n) is 10.9. The monoisotopic (exact) mass is 313 g/mol. The van der Waals surface area contributed by atoms with Gasteiger partial charge in [0.25, 0.3) is 5.69 Å². The second-order valence-corrected chi connectivity index (χ2v) is 5.67. The van der Waals surface area contributed by atoms with Gasteiger partial charge in [-0.2, -0.15) is 0 Å². The van der Waals surface area contributed by atoms with E-state index in [0.29, 0.717) is 21.9 Å². The molecule has 7 heteroatoms. The Morgan fingerprint density at radius 1 is 1.35 bits per heavy atom. The molecule has 0 saturated heterocycles. The highest BCUT2D eigenvalue weighted by molar-refractivity contribution is 7.80. The average molecular weight is 314 g/mol. The molecule has 108 valence electrons. The molecule has 1 aliphatic rings. The molecule has 1 saturated carbocycles. The van der Waals surface area contributed by atoms with E-state index >= 15 is 0 Å². The third-order valence-corrected chi connectivity index (χ3v) is 3.90. The van der Waals surface area contributed by atoms with Crippen molar-refractivity contribution in [1.82, 2.24) is 5.32 Å². The van der Waals surface area contributed by atoms with E-state index in [2.05, 4.69) is 10.6 Å². The molecule has 20 heavy (non-hydrogen) atoms. The highest BCUT2D eigenvalue weighted by Crippen LogP contribution is 2.26. The van der Waals surface area contributed by atoms with Crippen molar-refractivity contribution >= 4 is 40.3 Å². The third kappa shape index (κ3) is 4.05. The minimum atomic E-state index is -0.459. The molecule has 5 nitrogen and oxygen atoms in total. The summed E-state index contributed by atoms with van der Waals surface area (Å²) in [7, 11) is 0. The van der Waals surface area contributed by atoms with Gasteiger partial charge in [-0.3, -0.25) is 10.1 Å². The first-order valence-corrected chi connectivity index (χ1v) is 7.36. The molecule has 2 N–H and O–H groups in total. The van der Waals surface area contributed by atoms with Crippen LogP contribution in [0.2, 0.25) is 5.02 Å². The number of hydrogen-bond acceptors (Lipinski definition) is 3. The van der Waals surface area contributed by atoms with Crippen molar-refractivity contribution in [3.63, 3.8) is 0 Å². The van der Waals surface area contributed by atoms with Crippen LogP contribution in [0.1, 0.15) is 32.1 Å². The predicted octanol–water partition coefficient (Wildman–Crippen LogP) is 3.87. The van der Waals surface area contributed by atoms with E-state index in [1.54, 1.807) is 0 Å². The second kappa shape index (κ2) is 6.85. The molecule has 1 fully saturated rings. The summed E-state index contributed by atoms with van der Waals surface area (Å²) in [6.07, 6.45) is 5.89. The second-order valence-electron chi connectivity index (χ2n) is 4.85. The maximum absolute atomic E-state index is 10.8. The summed E-state index contributed by atoms with van der Waals surface area (Å²) in [5, 5.41) is 17.8. The third-order valence-electron chi connectivity index (χ3n) is 3.35. The van der Waals surface area contributed by atoms with Crippen molar-refractivity contribution in [3.8, 4) is 0 Å². The zero-order valence-corrected chi connectivity index (χ0v) is 12.5. The SMILES string of the molecule is O=[N+]([O-])c1ccc(Cl)c(NC(=S)NC2CCCCC2)c1. The fourth-order valence-corrected chi connectivity index (χ4v) is 2.75. The fourth-order valence-electron chi connectivity index (χ4n) is 2.31. The maximum atomic E-state index is 10.8. The number of benzene rings is 1. The Balaban J connectivity index is 1.99. The van der Waals surface area contributed by atoms with Crippen molar-refractivity contribution in [2.24, 2.45) is 0 Å². The van der Waals surface area contributed by atoms with Gasteiger partial charge in [0.1, 0.15) is 0 Å². The van der Waals surface area contributed by atoms with Gasteiger partial charge < -0.3 is 10.6 Å². The number of nitrogens with one attached hydrogen (secondary N) is 2. The van der Waals surface area contributed by atoms with Crippen LogP contribution < -0.4 is 10.6 Å². The lowest BCUT2D eigenvalue weighted by Crippen LogP contribution is -2.38. The first kappa shape index (κ1) is 15.0. The first-order valence-electron chi connectivity index (χ1n) is 6.58. The molecular formula is C13H16ClN3O2S. The minimum Gasteiger partial charge on any atom is -0.360 e. The van der Waals surface area contributed by atoms with Crippen molar-refractivity contribution < 1.29 is 4.92 Å². The molecule has 1 aromatic rings. The topological polar surface area (TPSA) is 67.2 Å². The normalized spacial score (nSPS) is 15.7. The standard InChI is InChI=1S/C13H16ClN3O2S/c14-11-7-6-10(17(18)19)8-12(11)16-13(20)15-9-4-2-1-3-5-9/h6-9H,1-5H2,(H2,15,16,20). The molecular weight excluding hydrogens is 298 g/mol. The highest BCUT2D eigenvalue weighted by Gasteiger charge is 2.15. The summed E-state index contributed by atoms with van der Waals surface area (Å²) in [5.74, 6) is 0. The number of thiocarbonyl (C=S) groups is 1. The Kier molecular flexibility index (Phi) is 5.14. The molecule has 0 unspecified atom stereocenters. The molecule has 0 amide bonds. The summed E-state index contributed by atoms with van der Waals surface area (Å²) < 4.78 is 0. The average Bonchev–Trinajstić information content (AvgIpc) is 2.42. The summed E-state index contributed by atoms with van der Waals surface area (Å²) >= 11 is 11.2. The van der Waals surface area contributed by atoms with Crippen LogP contribution >= 0.6 is 23.8 Å². The number of halogens is 1. The smallest absolute Gasteiger partial charge is 0.271 e. The van der Waals surface area contributed by atoms with Gasteiger partial charge in [0.15, 0.2) is 5.11 Å². The molecule has 2 rings (SSSR count). The minimum absolute atomic E-state index is 0.0163.